The molecule has 1 aromatic heterocycles. The standard InChI is InChI=1S/C17H24N2O/c1-19-8-2-3-14(12-19)4-7-16-9-17(11-18-10-16)20-13-15-5-6-15/h4,7,9-11,14-15H,2-3,5-6,8,12-13H2,1H3/b7-4+/t14-/m1/s1. The molecule has 0 spiro atoms. The zero-order valence-electron chi connectivity index (χ0n) is 12.3. The van der Waals surface area contributed by atoms with Gasteiger partial charge in [0.1, 0.15) is 5.75 Å². The Bertz CT molecular complexity index is 468. The van der Waals surface area contributed by atoms with E-state index in [9.17, 15) is 0 Å². The molecule has 1 aromatic rings. The van der Waals surface area contributed by atoms with Crippen LogP contribution in [0.15, 0.2) is 24.5 Å². The van der Waals surface area contributed by atoms with Gasteiger partial charge in [-0.15, -0.1) is 0 Å². The van der Waals surface area contributed by atoms with Crippen LogP contribution in [0.3, 0.4) is 0 Å². The maximum atomic E-state index is 5.77. The number of hydrogen-bond acceptors (Lipinski definition) is 3. The highest BCUT2D eigenvalue weighted by Crippen LogP contribution is 2.29. The molecule has 1 aliphatic carbocycles. The van der Waals surface area contributed by atoms with Gasteiger partial charge in [-0.1, -0.05) is 12.2 Å². The van der Waals surface area contributed by atoms with Gasteiger partial charge in [0.05, 0.1) is 12.8 Å². The first-order valence-corrected chi connectivity index (χ1v) is 7.74. The van der Waals surface area contributed by atoms with E-state index in [-0.39, 0.29) is 0 Å². The van der Waals surface area contributed by atoms with E-state index in [0.717, 1.165) is 23.8 Å². The number of aromatic nitrogens is 1. The third-order valence-corrected chi connectivity index (χ3v) is 4.14. The molecule has 1 atom stereocenters. The van der Waals surface area contributed by atoms with E-state index in [2.05, 4.69) is 35.1 Å². The summed E-state index contributed by atoms with van der Waals surface area (Å²) in [4.78, 5) is 6.68. The summed E-state index contributed by atoms with van der Waals surface area (Å²) in [5.74, 6) is 2.36. The van der Waals surface area contributed by atoms with Gasteiger partial charge >= 0.3 is 0 Å². The molecule has 2 heterocycles. The molecule has 1 saturated heterocycles. The molecule has 2 aliphatic rings. The van der Waals surface area contributed by atoms with Gasteiger partial charge in [-0.25, -0.2) is 0 Å². The molecule has 108 valence electrons. The van der Waals surface area contributed by atoms with E-state index in [1.165, 1.54) is 38.8 Å². The van der Waals surface area contributed by atoms with Crippen molar-refractivity contribution < 1.29 is 4.74 Å². The van der Waals surface area contributed by atoms with Crippen molar-refractivity contribution in [1.29, 1.82) is 0 Å². The first kappa shape index (κ1) is 13.6. The number of nitrogens with zero attached hydrogens (tertiary/aromatic N) is 2. The van der Waals surface area contributed by atoms with Crippen LogP contribution in [0.2, 0.25) is 0 Å². The topological polar surface area (TPSA) is 25.4 Å². The number of pyridine rings is 1. The largest absolute Gasteiger partial charge is 0.492 e. The van der Waals surface area contributed by atoms with Crippen molar-refractivity contribution in [2.75, 3.05) is 26.7 Å². The highest BCUT2D eigenvalue weighted by Gasteiger charge is 2.21. The summed E-state index contributed by atoms with van der Waals surface area (Å²) in [6.07, 6.45) is 13.5. The van der Waals surface area contributed by atoms with Crippen molar-refractivity contribution in [2.24, 2.45) is 11.8 Å². The second-order valence-electron chi connectivity index (χ2n) is 6.23. The van der Waals surface area contributed by atoms with Crippen LogP contribution in [0.4, 0.5) is 0 Å². The van der Waals surface area contributed by atoms with Crippen molar-refractivity contribution in [3.63, 3.8) is 0 Å². The molecule has 1 saturated carbocycles. The third-order valence-electron chi connectivity index (χ3n) is 4.14. The number of hydrogen-bond donors (Lipinski definition) is 0. The summed E-state index contributed by atoms with van der Waals surface area (Å²) in [7, 11) is 2.20. The van der Waals surface area contributed by atoms with Gasteiger partial charge in [0.25, 0.3) is 0 Å². The number of likely N-dealkylation sites (tertiary alicyclic amines) is 1. The molecular weight excluding hydrogens is 248 g/mol. The van der Waals surface area contributed by atoms with Crippen LogP contribution in [-0.2, 0) is 0 Å². The molecule has 3 rings (SSSR count). The normalized spacial score (nSPS) is 24.1. The monoisotopic (exact) mass is 272 g/mol. The summed E-state index contributed by atoms with van der Waals surface area (Å²) >= 11 is 0. The molecule has 0 bridgehead atoms. The summed E-state index contributed by atoms with van der Waals surface area (Å²) in [5, 5.41) is 0. The molecule has 1 aliphatic heterocycles. The zero-order chi connectivity index (χ0) is 13.8. The molecule has 0 radical (unpaired) electrons. The molecular formula is C17H24N2O. The Kier molecular flexibility index (Phi) is 4.36. The van der Waals surface area contributed by atoms with Gasteiger partial charge in [0, 0.05) is 12.7 Å². The fourth-order valence-corrected chi connectivity index (χ4v) is 2.71. The van der Waals surface area contributed by atoms with Gasteiger partial charge in [-0.2, -0.15) is 0 Å². The minimum absolute atomic E-state index is 0.671. The predicted octanol–water partition coefficient (Wildman–Crippen LogP) is 3.23. The zero-order valence-corrected chi connectivity index (χ0v) is 12.3. The van der Waals surface area contributed by atoms with Gasteiger partial charge in [0.2, 0.25) is 0 Å². The van der Waals surface area contributed by atoms with Crippen LogP contribution >= 0.6 is 0 Å². The van der Waals surface area contributed by atoms with Crippen LogP contribution < -0.4 is 4.74 Å². The number of ether oxygens (including phenoxy) is 1. The Morgan fingerprint density at radius 3 is 3.05 bits per heavy atom. The highest BCUT2D eigenvalue weighted by atomic mass is 16.5. The lowest BCUT2D eigenvalue weighted by molar-refractivity contribution is 0.238. The summed E-state index contributed by atoms with van der Waals surface area (Å²) in [6.45, 7) is 3.25. The van der Waals surface area contributed by atoms with Crippen molar-refractivity contribution in [1.82, 2.24) is 9.88 Å². The SMILES string of the molecule is CN1CCC[C@H](/C=C/c2cncc(OCC3CC3)c2)C1. The summed E-state index contributed by atoms with van der Waals surface area (Å²) in [5.41, 5.74) is 1.14. The van der Waals surface area contributed by atoms with Gasteiger partial charge in [-0.3, -0.25) is 4.98 Å². The lowest BCUT2D eigenvalue weighted by Gasteiger charge is -2.27. The van der Waals surface area contributed by atoms with E-state index in [1.54, 1.807) is 0 Å². The predicted molar refractivity (Wildman–Crippen MR) is 81.7 cm³/mol. The quantitative estimate of drug-likeness (QED) is 0.823. The van der Waals surface area contributed by atoms with Gasteiger partial charge in [0.15, 0.2) is 0 Å². The summed E-state index contributed by atoms with van der Waals surface area (Å²) in [6, 6.07) is 2.10. The van der Waals surface area contributed by atoms with Crippen molar-refractivity contribution in [3.05, 3.63) is 30.1 Å². The fourth-order valence-electron chi connectivity index (χ4n) is 2.71. The molecule has 0 aromatic carbocycles. The fraction of sp³-hybridized carbons (Fsp3) is 0.588. The van der Waals surface area contributed by atoms with Crippen LogP contribution in [-0.4, -0.2) is 36.6 Å². The van der Waals surface area contributed by atoms with E-state index in [0.29, 0.717) is 5.92 Å². The molecule has 20 heavy (non-hydrogen) atoms. The van der Waals surface area contributed by atoms with Crippen molar-refractivity contribution in [3.8, 4) is 5.75 Å². The Balaban J connectivity index is 1.56. The molecule has 3 nitrogen and oxygen atoms in total. The number of rotatable bonds is 5. The Morgan fingerprint density at radius 2 is 2.25 bits per heavy atom. The molecule has 2 fully saturated rings. The Morgan fingerprint density at radius 1 is 1.35 bits per heavy atom. The summed E-state index contributed by atoms with van der Waals surface area (Å²) < 4.78 is 5.77. The Hall–Kier alpha value is -1.35. The van der Waals surface area contributed by atoms with Crippen LogP contribution in [0.5, 0.6) is 5.75 Å². The highest BCUT2D eigenvalue weighted by molar-refractivity contribution is 5.50. The molecule has 0 unspecified atom stereocenters. The first-order chi connectivity index (χ1) is 9.79. The van der Waals surface area contributed by atoms with Crippen molar-refractivity contribution in [2.45, 2.75) is 25.7 Å². The van der Waals surface area contributed by atoms with Crippen LogP contribution in [0.1, 0.15) is 31.2 Å². The second-order valence-corrected chi connectivity index (χ2v) is 6.23. The van der Waals surface area contributed by atoms with E-state index in [1.807, 2.05) is 12.4 Å². The molecule has 0 amide bonds. The lowest BCUT2D eigenvalue weighted by atomic mass is 9.97. The molecule has 3 heteroatoms. The average Bonchev–Trinajstić information content (AvgIpc) is 3.28. The van der Waals surface area contributed by atoms with E-state index in [4.69, 9.17) is 4.74 Å². The molecule has 0 N–H and O–H groups in total. The van der Waals surface area contributed by atoms with E-state index < -0.39 is 0 Å². The second kappa shape index (κ2) is 6.40. The minimum Gasteiger partial charge on any atom is -0.492 e. The maximum absolute atomic E-state index is 5.77. The van der Waals surface area contributed by atoms with Crippen molar-refractivity contribution >= 4 is 6.08 Å². The Labute approximate surface area is 121 Å². The van der Waals surface area contributed by atoms with E-state index >= 15 is 0 Å². The third kappa shape index (κ3) is 4.07. The average molecular weight is 272 g/mol. The minimum atomic E-state index is 0.671. The van der Waals surface area contributed by atoms with Crippen LogP contribution in [0.25, 0.3) is 6.08 Å². The first-order valence-electron chi connectivity index (χ1n) is 7.74. The smallest absolute Gasteiger partial charge is 0.138 e. The number of piperidine rings is 1. The van der Waals surface area contributed by atoms with Gasteiger partial charge in [-0.05, 0) is 62.7 Å². The lowest BCUT2D eigenvalue weighted by Crippen LogP contribution is -2.30. The van der Waals surface area contributed by atoms with Gasteiger partial charge < -0.3 is 9.64 Å². The maximum Gasteiger partial charge on any atom is 0.138 e. The van der Waals surface area contributed by atoms with Crippen LogP contribution in [0, 0.1) is 11.8 Å².